The van der Waals surface area contributed by atoms with Crippen LogP contribution in [0, 0.1) is 0 Å². The summed E-state index contributed by atoms with van der Waals surface area (Å²) in [7, 11) is -3.71. The van der Waals surface area contributed by atoms with Crippen molar-refractivity contribution in [3.8, 4) is 0 Å². The number of nitrogens with two attached hydrogens (primary N) is 1. The second-order valence-corrected chi connectivity index (χ2v) is 8.24. The average molecular weight is 370 g/mol. The van der Waals surface area contributed by atoms with Crippen molar-refractivity contribution in [1.82, 2.24) is 5.32 Å². The molecule has 8 heteroatoms. The van der Waals surface area contributed by atoms with Gasteiger partial charge in [-0.05, 0) is 31.4 Å². The Balaban J connectivity index is 0.00000208. The Morgan fingerprint density at radius 2 is 1.83 bits per heavy atom. The number of nitrogens with zero attached hydrogens (tertiary/aromatic N) is 1. The molecule has 3 rings (SSSR count). The number of amides is 1. The predicted octanol–water partition coefficient (Wildman–Crippen LogP) is 1.62. The molecular weight excluding hydrogens is 350 g/mol. The van der Waals surface area contributed by atoms with Crippen LogP contribution in [0.5, 0.6) is 0 Å². The van der Waals surface area contributed by atoms with Gasteiger partial charge in [-0.15, -0.1) is 12.4 Å². The van der Waals surface area contributed by atoms with Crippen LogP contribution in [0.25, 0.3) is 10.8 Å². The van der Waals surface area contributed by atoms with Gasteiger partial charge in [0.25, 0.3) is 10.0 Å². The highest BCUT2D eigenvalue weighted by Gasteiger charge is 2.36. The highest BCUT2D eigenvalue weighted by molar-refractivity contribution is 7.93. The molecule has 6 nitrogen and oxygen atoms in total. The van der Waals surface area contributed by atoms with Crippen molar-refractivity contribution in [1.29, 1.82) is 0 Å². The molecule has 2 aromatic rings. The van der Waals surface area contributed by atoms with E-state index >= 15 is 0 Å². The Kier molecular flexibility index (Phi) is 4.81. The number of sulfonamides is 1. The largest absolute Gasteiger partial charge is 0.353 e. The van der Waals surface area contributed by atoms with Gasteiger partial charge in [0.2, 0.25) is 5.91 Å². The molecule has 1 amide bonds. The molecule has 0 fully saturated rings. The summed E-state index contributed by atoms with van der Waals surface area (Å²) < 4.78 is 26.6. The molecule has 0 spiro atoms. The smallest absolute Gasteiger partial charge is 0.265 e. The van der Waals surface area contributed by atoms with Crippen LogP contribution in [0.2, 0.25) is 0 Å². The molecule has 24 heavy (non-hydrogen) atoms. The van der Waals surface area contributed by atoms with Crippen molar-refractivity contribution >= 4 is 44.8 Å². The Labute approximate surface area is 147 Å². The molecule has 0 radical (unpaired) electrons. The standard InChI is InChI=1S/C16H19N3O3S.ClH/c1-16(2,17)10-18-14(20)9-19-12-7-3-5-11-6-4-8-13(15(11)12)23(19,21)22;/h3-8H,9-10,17H2,1-2H3,(H,18,20);1H. The molecule has 1 heterocycles. The van der Waals surface area contributed by atoms with Crippen LogP contribution in [0.3, 0.4) is 0 Å². The van der Waals surface area contributed by atoms with Crippen molar-refractivity contribution in [2.75, 3.05) is 17.4 Å². The van der Waals surface area contributed by atoms with Crippen LogP contribution in [0.4, 0.5) is 5.69 Å². The summed E-state index contributed by atoms with van der Waals surface area (Å²) in [5, 5.41) is 4.19. The molecule has 2 aromatic carbocycles. The van der Waals surface area contributed by atoms with Crippen molar-refractivity contribution in [2.24, 2.45) is 5.73 Å². The number of hydrogen-bond acceptors (Lipinski definition) is 4. The Morgan fingerprint density at radius 1 is 1.21 bits per heavy atom. The fraction of sp³-hybridized carbons (Fsp3) is 0.312. The van der Waals surface area contributed by atoms with Crippen LogP contribution in [-0.2, 0) is 14.8 Å². The van der Waals surface area contributed by atoms with Crippen molar-refractivity contribution in [3.63, 3.8) is 0 Å². The van der Waals surface area contributed by atoms with Crippen LogP contribution >= 0.6 is 12.4 Å². The second kappa shape index (κ2) is 6.23. The SMILES string of the molecule is CC(C)(N)CNC(=O)CN1c2cccc3cccc(c23)S1(=O)=O.Cl. The van der Waals surface area contributed by atoms with Crippen molar-refractivity contribution < 1.29 is 13.2 Å². The number of benzene rings is 2. The van der Waals surface area contributed by atoms with E-state index in [0.29, 0.717) is 11.1 Å². The first-order chi connectivity index (χ1) is 10.7. The van der Waals surface area contributed by atoms with Crippen LogP contribution in [-0.4, -0.2) is 33.0 Å². The summed E-state index contributed by atoms with van der Waals surface area (Å²) >= 11 is 0. The van der Waals surface area contributed by atoms with Crippen LogP contribution in [0.15, 0.2) is 41.3 Å². The zero-order valence-corrected chi connectivity index (χ0v) is 15.1. The molecule has 0 unspecified atom stereocenters. The maximum absolute atomic E-state index is 12.7. The third-order valence-corrected chi connectivity index (χ3v) is 5.51. The molecular formula is C16H20ClN3O3S. The summed E-state index contributed by atoms with van der Waals surface area (Å²) in [5.74, 6) is -0.378. The number of hydrogen-bond donors (Lipinski definition) is 2. The first-order valence-electron chi connectivity index (χ1n) is 7.30. The fourth-order valence-corrected chi connectivity index (χ4v) is 4.31. The lowest BCUT2D eigenvalue weighted by molar-refractivity contribution is -0.119. The number of nitrogens with one attached hydrogen (secondary N) is 1. The van der Waals surface area contributed by atoms with E-state index in [4.69, 9.17) is 5.73 Å². The van der Waals surface area contributed by atoms with Crippen LogP contribution < -0.4 is 15.4 Å². The monoisotopic (exact) mass is 369 g/mol. The molecule has 0 saturated carbocycles. The molecule has 0 saturated heterocycles. The van der Waals surface area contributed by atoms with Gasteiger partial charge in [-0.3, -0.25) is 9.10 Å². The van der Waals surface area contributed by atoms with Gasteiger partial charge < -0.3 is 11.1 Å². The maximum Gasteiger partial charge on any atom is 0.265 e. The summed E-state index contributed by atoms with van der Waals surface area (Å²) in [5.41, 5.74) is 5.82. The zero-order chi connectivity index (χ0) is 16.8. The average Bonchev–Trinajstić information content (AvgIpc) is 2.68. The minimum absolute atomic E-state index is 0. The molecule has 3 N–H and O–H groups in total. The quantitative estimate of drug-likeness (QED) is 0.856. The number of carbonyl (C=O) groups excluding carboxylic acids is 1. The van der Waals surface area contributed by atoms with E-state index < -0.39 is 15.6 Å². The highest BCUT2D eigenvalue weighted by atomic mass is 35.5. The van der Waals surface area contributed by atoms with E-state index in [0.717, 1.165) is 9.69 Å². The maximum atomic E-state index is 12.7. The van der Waals surface area contributed by atoms with E-state index in [9.17, 15) is 13.2 Å². The van der Waals surface area contributed by atoms with Gasteiger partial charge in [0, 0.05) is 17.5 Å². The Hall–Kier alpha value is -1.83. The second-order valence-electron chi connectivity index (χ2n) is 6.41. The molecule has 1 aliphatic rings. The topological polar surface area (TPSA) is 92.5 Å². The lowest BCUT2D eigenvalue weighted by Crippen LogP contribution is -2.48. The minimum atomic E-state index is -3.71. The zero-order valence-electron chi connectivity index (χ0n) is 13.4. The molecule has 130 valence electrons. The summed E-state index contributed by atoms with van der Waals surface area (Å²) in [6, 6.07) is 10.5. The molecule has 0 aromatic heterocycles. The molecule has 0 atom stereocenters. The molecule has 1 aliphatic heterocycles. The van der Waals surface area contributed by atoms with Crippen LogP contribution in [0.1, 0.15) is 13.8 Å². The van der Waals surface area contributed by atoms with Crippen molar-refractivity contribution in [2.45, 2.75) is 24.3 Å². The van der Waals surface area contributed by atoms with E-state index in [-0.39, 0.29) is 36.3 Å². The Bertz CT molecular complexity index is 886. The molecule has 0 aliphatic carbocycles. The van der Waals surface area contributed by atoms with E-state index in [1.54, 1.807) is 38.1 Å². The lowest BCUT2D eigenvalue weighted by atomic mass is 10.1. The van der Waals surface area contributed by atoms with Gasteiger partial charge in [-0.25, -0.2) is 8.42 Å². The Morgan fingerprint density at radius 3 is 2.46 bits per heavy atom. The van der Waals surface area contributed by atoms with E-state index in [2.05, 4.69) is 5.32 Å². The first kappa shape index (κ1) is 18.5. The van der Waals surface area contributed by atoms with Gasteiger partial charge >= 0.3 is 0 Å². The number of carbonyl (C=O) groups is 1. The predicted molar refractivity (Wildman–Crippen MR) is 97.0 cm³/mol. The van der Waals surface area contributed by atoms with Crippen molar-refractivity contribution in [3.05, 3.63) is 36.4 Å². The normalized spacial score (nSPS) is 15.2. The number of rotatable bonds is 4. The number of halogens is 1. The van der Waals surface area contributed by atoms with Gasteiger partial charge in [0.1, 0.15) is 6.54 Å². The fourth-order valence-electron chi connectivity index (χ4n) is 2.64. The van der Waals surface area contributed by atoms with Gasteiger partial charge in [0.05, 0.1) is 10.6 Å². The van der Waals surface area contributed by atoms with Gasteiger partial charge in [-0.1, -0.05) is 24.3 Å². The molecule has 0 bridgehead atoms. The first-order valence-corrected chi connectivity index (χ1v) is 8.74. The third kappa shape index (κ3) is 3.19. The summed E-state index contributed by atoms with van der Waals surface area (Å²) in [6.45, 7) is 3.59. The van der Waals surface area contributed by atoms with Gasteiger partial charge in [-0.2, -0.15) is 0 Å². The number of anilines is 1. The minimum Gasteiger partial charge on any atom is -0.353 e. The van der Waals surface area contributed by atoms with E-state index in [1.165, 1.54) is 0 Å². The summed E-state index contributed by atoms with van der Waals surface area (Å²) in [6.07, 6.45) is 0. The van der Waals surface area contributed by atoms with Gasteiger partial charge in [0.15, 0.2) is 0 Å². The van der Waals surface area contributed by atoms with E-state index in [1.807, 2.05) is 12.1 Å². The third-order valence-electron chi connectivity index (χ3n) is 3.71. The highest BCUT2D eigenvalue weighted by Crippen LogP contribution is 2.41. The lowest BCUT2D eigenvalue weighted by Gasteiger charge is -2.22. The summed E-state index contributed by atoms with van der Waals surface area (Å²) in [4.78, 5) is 12.4.